The zero-order valence-corrected chi connectivity index (χ0v) is 9.69. The highest BCUT2D eigenvalue weighted by Gasteiger charge is 2.16. The largest absolute Gasteiger partial charge is 0.324 e. The number of ketones is 1. The van der Waals surface area contributed by atoms with Crippen LogP contribution in [-0.2, 0) is 19.7 Å². The van der Waals surface area contributed by atoms with Crippen molar-refractivity contribution < 1.29 is 22.6 Å². The number of carbonyl (C=O) groups excluding carboxylic acids is 2. The van der Waals surface area contributed by atoms with Crippen LogP contribution in [0.2, 0.25) is 0 Å². The van der Waals surface area contributed by atoms with Gasteiger partial charge in [0.2, 0.25) is 5.91 Å². The van der Waals surface area contributed by atoms with Gasteiger partial charge in [-0.3, -0.25) is 14.1 Å². The van der Waals surface area contributed by atoms with Crippen LogP contribution >= 0.6 is 0 Å². The summed E-state index contributed by atoms with van der Waals surface area (Å²) in [7, 11) is -4.42. The Labute approximate surface area is 98.4 Å². The predicted octanol–water partition coefficient (Wildman–Crippen LogP) is 0.665. The number of carbonyl (C=O) groups is 2. The fourth-order valence-corrected chi connectivity index (χ4v) is 1.80. The van der Waals surface area contributed by atoms with E-state index in [2.05, 4.69) is 5.32 Å². The van der Waals surface area contributed by atoms with Crippen molar-refractivity contribution in [3.63, 3.8) is 0 Å². The molecular weight excluding hydrogens is 246 g/mol. The Morgan fingerprint density at radius 3 is 2.41 bits per heavy atom. The van der Waals surface area contributed by atoms with Crippen molar-refractivity contribution in [2.45, 2.75) is 11.8 Å². The lowest BCUT2D eigenvalue weighted by Gasteiger charge is -2.07. The second-order valence-corrected chi connectivity index (χ2v) is 4.61. The summed E-state index contributed by atoms with van der Waals surface area (Å²) in [4.78, 5) is 21.5. The molecule has 0 aromatic heterocycles. The number of nitrogens with one attached hydrogen (secondary N) is 1. The van der Waals surface area contributed by atoms with E-state index < -0.39 is 26.7 Å². The van der Waals surface area contributed by atoms with Gasteiger partial charge in [0.1, 0.15) is 17.1 Å². The van der Waals surface area contributed by atoms with Crippen LogP contribution in [-0.4, -0.2) is 24.7 Å². The molecule has 0 saturated carbocycles. The molecule has 1 radical (unpaired) electrons. The van der Waals surface area contributed by atoms with E-state index in [0.717, 1.165) is 12.5 Å². The molecule has 2 N–H and O–H groups in total. The van der Waals surface area contributed by atoms with Gasteiger partial charge in [-0.2, -0.15) is 8.42 Å². The number of Topliss-reactive ketones (excluding diaryl/α,β-unsaturated/α-hetero) is 1. The minimum absolute atomic E-state index is 0.0856. The number of hydrogen-bond donors (Lipinski definition) is 2. The monoisotopic (exact) mass is 256 g/mol. The second-order valence-electron chi connectivity index (χ2n) is 3.22. The zero-order valence-electron chi connectivity index (χ0n) is 8.88. The van der Waals surface area contributed by atoms with Crippen molar-refractivity contribution in [1.29, 1.82) is 0 Å². The molecular formula is C10H10NO5S. The van der Waals surface area contributed by atoms with E-state index in [4.69, 9.17) is 4.55 Å². The van der Waals surface area contributed by atoms with Crippen LogP contribution in [0.15, 0.2) is 29.2 Å². The van der Waals surface area contributed by atoms with Crippen molar-refractivity contribution in [2.75, 3.05) is 5.32 Å². The van der Waals surface area contributed by atoms with Gasteiger partial charge < -0.3 is 5.32 Å². The summed E-state index contributed by atoms with van der Waals surface area (Å²) >= 11 is 0. The average Bonchev–Trinajstić information content (AvgIpc) is 2.15. The van der Waals surface area contributed by atoms with E-state index in [1.165, 1.54) is 25.1 Å². The molecule has 0 aliphatic rings. The Morgan fingerprint density at radius 2 is 1.88 bits per heavy atom. The number of hydrogen-bond acceptors (Lipinski definition) is 4. The molecule has 91 valence electrons. The van der Waals surface area contributed by atoms with E-state index >= 15 is 0 Å². The third-order valence-corrected chi connectivity index (χ3v) is 2.67. The maximum atomic E-state index is 11.2. The molecule has 0 unspecified atom stereocenters. The third kappa shape index (κ3) is 3.97. The molecule has 0 saturated heterocycles. The molecule has 1 aromatic carbocycles. The van der Waals surface area contributed by atoms with Gasteiger partial charge in [-0.05, 0) is 19.1 Å². The molecule has 0 aliphatic heterocycles. The molecule has 0 spiro atoms. The summed E-state index contributed by atoms with van der Waals surface area (Å²) in [5, 5.41) is 2.19. The highest BCUT2D eigenvalue weighted by atomic mass is 32.2. The Bertz CT molecular complexity index is 550. The predicted molar refractivity (Wildman–Crippen MR) is 59.9 cm³/mol. The molecule has 0 heterocycles. The molecule has 1 aromatic rings. The van der Waals surface area contributed by atoms with Crippen LogP contribution in [0.3, 0.4) is 0 Å². The molecule has 0 bridgehead atoms. The molecule has 0 aliphatic carbocycles. The summed E-state index contributed by atoms with van der Waals surface area (Å²) in [6.45, 7) is 1.19. The lowest BCUT2D eigenvalue weighted by molar-refractivity contribution is -0.119. The van der Waals surface area contributed by atoms with E-state index in [1.807, 2.05) is 0 Å². The smallest absolute Gasteiger partial charge is 0.296 e. The van der Waals surface area contributed by atoms with Crippen LogP contribution in [0.5, 0.6) is 0 Å². The highest BCUT2D eigenvalue weighted by Crippen LogP contribution is 2.20. The average molecular weight is 256 g/mol. The number of benzene rings is 1. The third-order valence-electron chi connectivity index (χ3n) is 1.76. The maximum absolute atomic E-state index is 11.2. The topological polar surface area (TPSA) is 101 Å². The first-order valence-electron chi connectivity index (χ1n) is 4.53. The van der Waals surface area contributed by atoms with Gasteiger partial charge in [-0.15, -0.1) is 0 Å². The maximum Gasteiger partial charge on any atom is 0.296 e. The van der Waals surface area contributed by atoms with Crippen LogP contribution in [0.1, 0.15) is 6.92 Å². The number of amides is 1. The summed E-state index contributed by atoms with van der Waals surface area (Å²) in [5.41, 5.74) is -0.0856. The van der Waals surface area contributed by atoms with Crippen molar-refractivity contribution in [1.82, 2.24) is 0 Å². The Hall–Kier alpha value is -1.73. The molecule has 0 atom stereocenters. The summed E-state index contributed by atoms with van der Waals surface area (Å²) in [6, 6.07) is 5.32. The Morgan fingerprint density at radius 1 is 1.29 bits per heavy atom. The first-order valence-corrected chi connectivity index (χ1v) is 5.97. The normalized spacial score (nSPS) is 10.9. The van der Waals surface area contributed by atoms with E-state index in [-0.39, 0.29) is 5.69 Å². The van der Waals surface area contributed by atoms with Gasteiger partial charge >= 0.3 is 0 Å². The lowest BCUT2D eigenvalue weighted by atomic mass is 10.2. The van der Waals surface area contributed by atoms with Gasteiger partial charge in [-0.1, -0.05) is 12.1 Å². The lowest BCUT2D eigenvalue weighted by Crippen LogP contribution is -2.17. The van der Waals surface area contributed by atoms with Crippen LogP contribution < -0.4 is 5.32 Å². The zero-order chi connectivity index (χ0) is 13.1. The number of rotatable bonds is 4. The molecule has 0 fully saturated rings. The van der Waals surface area contributed by atoms with Gasteiger partial charge in [0.15, 0.2) is 0 Å². The fraction of sp³-hybridized carbons (Fsp3) is 0.100. The van der Waals surface area contributed by atoms with Crippen LogP contribution in [0.4, 0.5) is 5.69 Å². The highest BCUT2D eigenvalue weighted by molar-refractivity contribution is 7.86. The van der Waals surface area contributed by atoms with E-state index in [1.54, 1.807) is 0 Å². The fourth-order valence-electron chi connectivity index (χ4n) is 1.15. The van der Waals surface area contributed by atoms with E-state index in [0.29, 0.717) is 0 Å². The van der Waals surface area contributed by atoms with Crippen LogP contribution in [0, 0.1) is 6.42 Å². The SMILES string of the molecule is CC(=O)[CH]C(=O)Nc1ccccc1S(=O)(=O)O. The minimum Gasteiger partial charge on any atom is -0.324 e. The number of anilines is 1. The molecule has 7 heteroatoms. The quantitative estimate of drug-likeness (QED) is 0.609. The standard InChI is InChI=1S/C10H10NO5S/c1-7(12)6-10(13)11-8-4-2-3-5-9(8)17(14,15)16/h2-6H,1H3,(H,11,13)(H,14,15,16). The summed E-state index contributed by atoms with van der Waals surface area (Å²) in [5.74, 6) is -1.22. The first kappa shape index (κ1) is 13.3. The second kappa shape index (κ2) is 5.07. The Balaban J connectivity index is 3.00. The number of para-hydroxylation sites is 1. The summed E-state index contributed by atoms with van der Waals surface area (Å²) in [6.07, 6.45) is 0.779. The minimum atomic E-state index is -4.42. The van der Waals surface area contributed by atoms with Crippen molar-refractivity contribution in [3.05, 3.63) is 30.7 Å². The molecule has 1 amide bonds. The van der Waals surface area contributed by atoms with Gasteiger partial charge in [0.25, 0.3) is 10.1 Å². The molecule has 1 rings (SSSR count). The Kier molecular flexibility index (Phi) is 3.97. The van der Waals surface area contributed by atoms with Crippen molar-refractivity contribution >= 4 is 27.5 Å². The first-order chi connectivity index (χ1) is 7.80. The van der Waals surface area contributed by atoms with Crippen molar-refractivity contribution in [3.8, 4) is 0 Å². The molecule has 17 heavy (non-hydrogen) atoms. The van der Waals surface area contributed by atoms with Gasteiger partial charge in [0, 0.05) is 0 Å². The van der Waals surface area contributed by atoms with Crippen molar-refractivity contribution in [2.24, 2.45) is 0 Å². The molecule has 6 nitrogen and oxygen atoms in total. The van der Waals surface area contributed by atoms with Crippen LogP contribution in [0.25, 0.3) is 0 Å². The van der Waals surface area contributed by atoms with E-state index in [9.17, 15) is 18.0 Å². The van der Waals surface area contributed by atoms with Gasteiger partial charge in [-0.25, -0.2) is 0 Å². The van der Waals surface area contributed by atoms with Gasteiger partial charge in [0.05, 0.1) is 5.69 Å². The summed E-state index contributed by atoms with van der Waals surface area (Å²) < 4.78 is 30.9.